The van der Waals surface area contributed by atoms with E-state index in [1.807, 2.05) is 0 Å². The van der Waals surface area contributed by atoms with Gasteiger partial charge in [-0.1, -0.05) is 0 Å². The summed E-state index contributed by atoms with van der Waals surface area (Å²) in [5.41, 5.74) is 0.556. The molecule has 7 nitrogen and oxygen atoms in total. The summed E-state index contributed by atoms with van der Waals surface area (Å²) in [6.07, 6.45) is 6.58. The van der Waals surface area contributed by atoms with Crippen molar-refractivity contribution < 1.29 is 4.74 Å². The molecule has 8 heteroatoms. The van der Waals surface area contributed by atoms with Crippen LogP contribution in [0.2, 0.25) is 0 Å². The first kappa shape index (κ1) is 19.7. The van der Waals surface area contributed by atoms with Gasteiger partial charge in [0.2, 0.25) is 0 Å². The van der Waals surface area contributed by atoms with E-state index in [9.17, 15) is 0 Å². The minimum Gasteiger partial charge on any atom is -0.376 e. The number of nitrogens with zero attached hydrogens (tertiary/aromatic N) is 3. The molecule has 2 aliphatic rings. The van der Waals surface area contributed by atoms with Gasteiger partial charge < -0.3 is 20.7 Å². The smallest absolute Gasteiger partial charge is 0.191 e. The molecule has 0 spiro atoms. The second-order valence-electron chi connectivity index (χ2n) is 6.11. The van der Waals surface area contributed by atoms with Gasteiger partial charge in [-0.05, 0) is 37.8 Å². The molecule has 25 heavy (non-hydrogen) atoms. The minimum absolute atomic E-state index is 0. The molecular weight excluding hydrogens is 431 g/mol. The fourth-order valence-corrected chi connectivity index (χ4v) is 2.55. The number of ether oxygens (including phenoxy) is 1. The molecule has 1 atom stereocenters. The van der Waals surface area contributed by atoms with Crippen LogP contribution in [0.5, 0.6) is 0 Å². The lowest BCUT2D eigenvalue weighted by molar-refractivity contribution is 0.117. The summed E-state index contributed by atoms with van der Waals surface area (Å²) in [6, 6.07) is 6.20. The third-order valence-corrected chi connectivity index (χ3v) is 4.03. The molecule has 0 radical (unpaired) electrons. The predicted molar refractivity (Wildman–Crippen MR) is 108 cm³/mol. The lowest BCUT2D eigenvalue weighted by atomic mass is 10.2. The maximum atomic E-state index is 9.06. The Morgan fingerprint density at radius 2 is 2.24 bits per heavy atom. The SMILES string of the molecule is I.N#Cc1cccnc1NCCNC(=NCC1CCCO1)NC1CC1. The normalized spacial score (nSPS) is 19.6. The van der Waals surface area contributed by atoms with Crippen LogP contribution in [0.4, 0.5) is 5.82 Å². The molecule has 0 amide bonds. The molecule has 2 heterocycles. The van der Waals surface area contributed by atoms with Gasteiger partial charge in [-0.3, -0.25) is 4.99 Å². The Bertz CT molecular complexity index is 607. The number of rotatable bonds is 7. The van der Waals surface area contributed by atoms with E-state index >= 15 is 0 Å². The van der Waals surface area contributed by atoms with Crippen molar-refractivity contribution in [1.29, 1.82) is 5.26 Å². The van der Waals surface area contributed by atoms with E-state index < -0.39 is 0 Å². The minimum atomic E-state index is 0. The zero-order chi connectivity index (χ0) is 16.6. The molecular formula is C17H25IN6O. The number of aromatic nitrogens is 1. The number of aliphatic imine (C=N–C) groups is 1. The number of nitrogens with one attached hydrogen (secondary N) is 3. The molecule has 1 aromatic rings. The van der Waals surface area contributed by atoms with Crippen molar-refractivity contribution in [3.63, 3.8) is 0 Å². The Labute approximate surface area is 165 Å². The lowest BCUT2D eigenvalue weighted by Crippen LogP contribution is -2.41. The van der Waals surface area contributed by atoms with Crippen LogP contribution in [0.3, 0.4) is 0 Å². The van der Waals surface area contributed by atoms with Crippen LogP contribution in [-0.4, -0.2) is 49.3 Å². The van der Waals surface area contributed by atoms with Gasteiger partial charge in [-0.2, -0.15) is 5.26 Å². The number of guanidine groups is 1. The molecule has 1 aromatic heterocycles. The second kappa shape index (κ2) is 10.4. The fraction of sp³-hybridized carbons (Fsp3) is 0.588. The monoisotopic (exact) mass is 456 g/mol. The highest BCUT2D eigenvalue weighted by Crippen LogP contribution is 2.18. The highest BCUT2D eigenvalue weighted by atomic mass is 127. The Morgan fingerprint density at radius 3 is 2.96 bits per heavy atom. The summed E-state index contributed by atoms with van der Waals surface area (Å²) in [6.45, 7) is 2.92. The van der Waals surface area contributed by atoms with Gasteiger partial charge in [-0.25, -0.2) is 4.98 Å². The van der Waals surface area contributed by atoms with Crippen molar-refractivity contribution in [2.24, 2.45) is 4.99 Å². The van der Waals surface area contributed by atoms with Crippen molar-refractivity contribution in [2.75, 3.05) is 31.6 Å². The standard InChI is InChI=1S/C17H24N6O.HI/c18-11-13-3-1-7-19-16(13)20-8-9-21-17(23-14-5-6-14)22-12-15-4-2-10-24-15;/h1,3,7,14-15H,2,4-6,8-10,12H2,(H,19,20)(H2,21,22,23);1H. The van der Waals surface area contributed by atoms with E-state index in [-0.39, 0.29) is 30.1 Å². The molecule has 1 saturated heterocycles. The highest BCUT2D eigenvalue weighted by Gasteiger charge is 2.22. The Morgan fingerprint density at radius 1 is 1.36 bits per heavy atom. The summed E-state index contributed by atoms with van der Waals surface area (Å²) in [5.74, 6) is 1.46. The largest absolute Gasteiger partial charge is 0.376 e. The topological polar surface area (TPSA) is 94.4 Å². The van der Waals surface area contributed by atoms with E-state index in [0.29, 0.717) is 37.1 Å². The van der Waals surface area contributed by atoms with Gasteiger partial charge in [0.15, 0.2) is 5.96 Å². The average Bonchev–Trinajstić information content (AvgIpc) is 3.28. The summed E-state index contributed by atoms with van der Waals surface area (Å²) in [7, 11) is 0. The molecule has 3 rings (SSSR count). The maximum absolute atomic E-state index is 9.06. The van der Waals surface area contributed by atoms with Crippen LogP contribution in [0.25, 0.3) is 0 Å². The third kappa shape index (κ3) is 6.66. The van der Waals surface area contributed by atoms with Crippen molar-refractivity contribution in [2.45, 2.75) is 37.8 Å². The van der Waals surface area contributed by atoms with Crippen molar-refractivity contribution in [1.82, 2.24) is 15.6 Å². The molecule has 1 aliphatic heterocycles. The summed E-state index contributed by atoms with van der Waals surface area (Å²) in [5, 5.41) is 19.0. The Hall–Kier alpha value is -1.60. The third-order valence-electron chi connectivity index (χ3n) is 4.03. The van der Waals surface area contributed by atoms with E-state index in [1.54, 1.807) is 18.3 Å². The van der Waals surface area contributed by atoms with Crippen LogP contribution >= 0.6 is 24.0 Å². The molecule has 2 fully saturated rings. The van der Waals surface area contributed by atoms with Crippen LogP contribution in [-0.2, 0) is 4.74 Å². The van der Waals surface area contributed by atoms with Gasteiger partial charge in [0.25, 0.3) is 0 Å². The van der Waals surface area contributed by atoms with Gasteiger partial charge >= 0.3 is 0 Å². The summed E-state index contributed by atoms with van der Waals surface area (Å²) in [4.78, 5) is 8.83. The van der Waals surface area contributed by atoms with E-state index in [1.165, 1.54) is 12.8 Å². The number of anilines is 1. The number of hydrogen-bond donors (Lipinski definition) is 3. The van der Waals surface area contributed by atoms with Crippen LogP contribution < -0.4 is 16.0 Å². The Kier molecular flexibility index (Phi) is 8.21. The summed E-state index contributed by atoms with van der Waals surface area (Å²) >= 11 is 0. The molecule has 0 aromatic carbocycles. The van der Waals surface area contributed by atoms with Crippen LogP contribution in [0.1, 0.15) is 31.2 Å². The number of hydrogen-bond acceptors (Lipinski definition) is 5. The van der Waals surface area contributed by atoms with Gasteiger partial charge in [0.1, 0.15) is 11.9 Å². The van der Waals surface area contributed by atoms with E-state index in [4.69, 9.17) is 10.00 Å². The zero-order valence-corrected chi connectivity index (χ0v) is 16.5. The van der Waals surface area contributed by atoms with E-state index in [0.717, 1.165) is 25.4 Å². The van der Waals surface area contributed by atoms with E-state index in [2.05, 4.69) is 32.0 Å². The number of nitriles is 1. The van der Waals surface area contributed by atoms with Crippen molar-refractivity contribution >= 4 is 35.8 Å². The quantitative estimate of drug-likeness (QED) is 0.251. The summed E-state index contributed by atoms with van der Waals surface area (Å²) < 4.78 is 5.62. The second-order valence-corrected chi connectivity index (χ2v) is 6.11. The average molecular weight is 456 g/mol. The number of halogens is 1. The molecule has 1 unspecified atom stereocenters. The molecule has 3 N–H and O–H groups in total. The van der Waals surface area contributed by atoms with Crippen LogP contribution in [0, 0.1) is 11.3 Å². The van der Waals surface area contributed by atoms with Gasteiger partial charge in [0, 0.05) is 31.9 Å². The Balaban J connectivity index is 0.00000225. The first-order valence-electron chi connectivity index (χ1n) is 8.60. The molecule has 136 valence electrons. The first-order chi connectivity index (χ1) is 11.8. The molecule has 0 bridgehead atoms. The van der Waals surface area contributed by atoms with Crippen molar-refractivity contribution in [3.05, 3.63) is 23.9 Å². The predicted octanol–water partition coefficient (Wildman–Crippen LogP) is 1.86. The van der Waals surface area contributed by atoms with Crippen molar-refractivity contribution in [3.8, 4) is 6.07 Å². The van der Waals surface area contributed by atoms with Gasteiger partial charge in [0.05, 0.1) is 18.2 Å². The molecule has 1 saturated carbocycles. The highest BCUT2D eigenvalue weighted by molar-refractivity contribution is 14.0. The van der Waals surface area contributed by atoms with Crippen LogP contribution in [0.15, 0.2) is 23.3 Å². The first-order valence-corrected chi connectivity index (χ1v) is 8.60. The maximum Gasteiger partial charge on any atom is 0.191 e. The fourth-order valence-electron chi connectivity index (χ4n) is 2.55. The number of pyridine rings is 1. The lowest BCUT2D eigenvalue weighted by Gasteiger charge is -2.14. The van der Waals surface area contributed by atoms with Gasteiger partial charge in [-0.15, -0.1) is 24.0 Å². The zero-order valence-electron chi connectivity index (χ0n) is 14.2. The molecule has 1 aliphatic carbocycles.